The van der Waals surface area contributed by atoms with E-state index in [2.05, 4.69) is 33.5 Å². The number of nitrogens with one attached hydrogen (secondary N) is 1. The maximum atomic E-state index is 12.7. The van der Waals surface area contributed by atoms with Crippen LogP contribution in [0.5, 0.6) is 0 Å². The molecular formula is C24H20N4O2S2. The molecule has 0 saturated carbocycles. The van der Waals surface area contributed by atoms with Crippen molar-refractivity contribution in [1.82, 2.24) is 9.97 Å². The zero-order chi connectivity index (χ0) is 21.9. The summed E-state index contributed by atoms with van der Waals surface area (Å²) in [6.45, 7) is 0.682. The first-order valence-corrected chi connectivity index (χ1v) is 12.1. The molecule has 0 atom stereocenters. The van der Waals surface area contributed by atoms with Gasteiger partial charge in [-0.15, -0.1) is 11.3 Å². The molecule has 4 aromatic rings. The summed E-state index contributed by atoms with van der Waals surface area (Å²) >= 11 is 3.00. The number of thioether (sulfide) groups is 1. The number of fused-ring (bicyclic) bond motifs is 1. The number of para-hydroxylation sites is 2. The summed E-state index contributed by atoms with van der Waals surface area (Å²) in [4.78, 5) is 37.4. The third-order valence-corrected chi connectivity index (χ3v) is 7.33. The molecule has 1 fully saturated rings. The molecule has 6 nitrogen and oxygen atoms in total. The first-order valence-electron chi connectivity index (χ1n) is 10.3. The second kappa shape index (κ2) is 9.10. The average molecular weight is 461 g/mol. The maximum absolute atomic E-state index is 12.7. The number of carbonyl (C=O) groups excluding carboxylic acids is 2. The number of thiophene rings is 1. The van der Waals surface area contributed by atoms with Crippen molar-refractivity contribution in [3.05, 3.63) is 67.0 Å². The number of aromatic nitrogens is 2. The normalized spacial score (nSPS) is 13.6. The molecule has 32 heavy (non-hydrogen) atoms. The summed E-state index contributed by atoms with van der Waals surface area (Å²) < 4.78 is 0. The third-order valence-electron chi connectivity index (χ3n) is 5.23. The molecule has 3 heterocycles. The number of benzene rings is 2. The first kappa shape index (κ1) is 20.7. The van der Waals surface area contributed by atoms with Crippen molar-refractivity contribution >= 4 is 56.5 Å². The van der Waals surface area contributed by atoms with Crippen LogP contribution in [-0.4, -0.2) is 34.1 Å². The Kier molecular flexibility index (Phi) is 5.87. The van der Waals surface area contributed by atoms with Gasteiger partial charge in [0.05, 0.1) is 17.1 Å². The SMILES string of the molecule is O=C(CSc1ncnc2sc(-c3ccccc3)cc12)Nc1ccccc1N1CCCC1=O. The van der Waals surface area contributed by atoms with Gasteiger partial charge in [0, 0.05) is 23.2 Å². The van der Waals surface area contributed by atoms with Crippen LogP contribution in [0.2, 0.25) is 0 Å². The topological polar surface area (TPSA) is 75.2 Å². The summed E-state index contributed by atoms with van der Waals surface area (Å²) in [7, 11) is 0. The first-order chi connectivity index (χ1) is 15.7. The van der Waals surface area contributed by atoms with E-state index < -0.39 is 0 Å². The van der Waals surface area contributed by atoms with Gasteiger partial charge in [0.1, 0.15) is 16.2 Å². The minimum absolute atomic E-state index is 0.0936. The van der Waals surface area contributed by atoms with Gasteiger partial charge in [0.2, 0.25) is 11.8 Å². The summed E-state index contributed by atoms with van der Waals surface area (Å²) in [5.41, 5.74) is 2.54. The molecule has 2 amide bonds. The van der Waals surface area contributed by atoms with Crippen molar-refractivity contribution in [1.29, 1.82) is 0 Å². The maximum Gasteiger partial charge on any atom is 0.234 e. The molecule has 0 bridgehead atoms. The van der Waals surface area contributed by atoms with Gasteiger partial charge >= 0.3 is 0 Å². The molecule has 0 aliphatic carbocycles. The molecule has 8 heteroatoms. The van der Waals surface area contributed by atoms with E-state index >= 15 is 0 Å². The Hall–Kier alpha value is -3.23. The van der Waals surface area contributed by atoms with E-state index in [0.29, 0.717) is 18.7 Å². The van der Waals surface area contributed by atoms with E-state index in [-0.39, 0.29) is 17.6 Å². The summed E-state index contributed by atoms with van der Waals surface area (Å²) in [5, 5.41) is 4.70. The molecule has 2 aromatic heterocycles. The predicted molar refractivity (Wildman–Crippen MR) is 130 cm³/mol. The second-order valence-electron chi connectivity index (χ2n) is 7.38. The number of hydrogen-bond donors (Lipinski definition) is 1. The van der Waals surface area contributed by atoms with Crippen molar-refractivity contribution in [2.45, 2.75) is 17.9 Å². The highest BCUT2D eigenvalue weighted by Gasteiger charge is 2.24. The van der Waals surface area contributed by atoms with Crippen molar-refractivity contribution in [2.75, 3.05) is 22.5 Å². The van der Waals surface area contributed by atoms with Gasteiger partial charge in [-0.25, -0.2) is 9.97 Å². The minimum atomic E-state index is -0.139. The molecule has 1 N–H and O–H groups in total. The molecule has 1 aliphatic rings. The lowest BCUT2D eigenvalue weighted by Gasteiger charge is -2.19. The summed E-state index contributed by atoms with van der Waals surface area (Å²) in [6.07, 6.45) is 2.93. The van der Waals surface area contributed by atoms with Crippen LogP contribution in [0.4, 0.5) is 11.4 Å². The number of rotatable bonds is 6. The fraction of sp³-hybridized carbons (Fsp3) is 0.167. The quantitative estimate of drug-likeness (QED) is 0.316. The van der Waals surface area contributed by atoms with Crippen LogP contribution in [0.3, 0.4) is 0 Å². The van der Waals surface area contributed by atoms with Crippen LogP contribution in [-0.2, 0) is 9.59 Å². The van der Waals surface area contributed by atoms with Gasteiger partial charge in [-0.3, -0.25) is 9.59 Å². The fourth-order valence-corrected chi connectivity index (χ4v) is 5.57. The predicted octanol–water partition coefficient (Wildman–Crippen LogP) is 5.22. The Morgan fingerprint density at radius 3 is 2.72 bits per heavy atom. The van der Waals surface area contributed by atoms with E-state index in [4.69, 9.17) is 0 Å². The Labute approximate surface area is 193 Å². The molecule has 0 unspecified atom stereocenters. The number of anilines is 2. The molecule has 160 valence electrons. The van der Waals surface area contributed by atoms with Gasteiger partial charge in [-0.1, -0.05) is 54.2 Å². The third kappa shape index (κ3) is 4.24. The lowest BCUT2D eigenvalue weighted by molar-refractivity contribution is -0.117. The summed E-state index contributed by atoms with van der Waals surface area (Å²) in [6, 6.07) is 19.7. The standard InChI is InChI=1S/C24H20N4O2S2/c29-21(27-18-9-4-5-10-19(18)28-12-6-11-22(28)30)14-31-23-17-13-20(16-7-2-1-3-8-16)32-24(17)26-15-25-23/h1-5,7-10,13,15H,6,11-12,14H2,(H,27,29). The van der Waals surface area contributed by atoms with Crippen LogP contribution in [0.25, 0.3) is 20.7 Å². The van der Waals surface area contributed by atoms with Crippen LogP contribution in [0, 0.1) is 0 Å². The Morgan fingerprint density at radius 2 is 1.91 bits per heavy atom. The molecule has 0 radical (unpaired) electrons. The molecule has 2 aromatic carbocycles. The van der Waals surface area contributed by atoms with Gasteiger partial charge in [-0.05, 0) is 30.2 Å². The van der Waals surface area contributed by atoms with Crippen molar-refractivity contribution in [3.8, 4) is 10.4 Å². The monoisotopic (exact) mass is 460 g/mol. The van der Waals surface area contributed by atoms with E-state index in [9.17, 15) is 9.59 Å². The van der Waals surface area contributed by atoms with Crippen LogP contribution in [0.1, 0.15) is 12.8 Å². The van der Waals surface area contributed by atoms with Crippen LogP contribution in [0.15, 0.2) is 72.0 Å². The highest BCUT2D eigenvalue weighted by molar-refractivity contribution is 8.00. The lowest BCUT2D eigenvalue weighted by atomic mass is 10.2. The van der Waals surface area contributed by atoms with Gasteiger partial charge in [0.15, 0.2) is 0 Å². The van der Waals surface area contributed by atoms with E-state index in [0.717, 1.165) is 37.8 Å². The molecule has 1 saturated heterocycles. The number of hydrogen-bond acceptors (Lipinski definition) is 6. The average Bonchev–Trinajstić information content (AvgIpc) is 3.45. The molecule has 1 aliphatic heterocycles. The highest BCUT2D eigenvalue weighted by atomic mass is 32.2. The zero-order valence-corrected chi connectivity index (χ0v) is 18.8. The lowest BCUT2D eigenvalue weighted by Crippen LogP contribution is -2.26. The molecule has 0 spiro atoms. The van der Waals surface area contributed by atoms with Gasteiger partial charge in [-0.2, -0.15) is 0 Å². The zero-order valence-electron chi connectivity index (χ0n) is 17.2. The Balaban J connectivity index is 1.31. The van der Waals surface area contributed by atoms with Gasteiger partial charge in [0.25, 0.3) is 0 Å². The Morgan fingerprint density at radius 1 is 1.09 bits per heavy atom. The number of nitrogens with zero attached hydrogens (tertiary/aromatic N) is 3. The minimum Gasteiger partial charge on any atom is -0.324 e. The largest absolute Gasteiger partial charge is 0.324 e. The van der Waals surface area contributed by atoms with Crippen LogP contribution >= 0.6 is 23.1 Å². The number of carbonyl (C=O) groups is 2. The van der Waals surface area contributed by atoms with Crippen LogP contribution < -0.4 is 10.2 Å². The molecular weight excluding hydrogens is 440 g/mol. The van der Waals surface area contributed by atoms with Crippen molar-refractivity contribution < 1.29 is 9.59 Å². The van der Waals surface area contributed by atoms with E-state index in [1.165, 1.54) is 11.8 Å². The summed E-state index contributed by atoms with van der Waals surface area (Å²) in [5.74, 6) is 0.167. The fourth-order valence-electron chi connectivity index (χ4n) is 3.73. The second-order valence-corrected chi connectivity index (χ2v) is 9.37. The van der Waals surface area contributed by atoms with E-state index in [1.807, 2.05) is 42.5 Å². The van der Waals surface area contributed by atoms with Crippen molar-refractivity contribution in [3.63, 3.8) is 0 Å². The molecule has 5 rings (SSSR count). The van der Waals surface area contributed by atoms with E-state index in [1.54, 1.807) is 22.6 Å². The smallest absolute Gasteiger partial charge is 0.234 e. The number of amides is 2. The Bertz CT molecular complexity index is 1290. The highest BCUT2D eigenvalue weighted by Crippen LogP contribution is 2.36. The van der Waals surface area contributed by atoms with Crippen molar-refractivity contribution in [2.24, 2.45) is 0 Å². The van der Waals surface area contributed by atoms with Gasteiger partial charge < -0.3 is 10.2 Å².